The van der Waals surface area contributed by atoms with Crippen molar-refractivity contribution >= 4 is 11.9 Å². The van der Waals surface area contributed by atoms with E-state index in [0.29, 0.717) is 6.42 Å². The molecule has 1 aromatic rings. The van der Waals surface area contributed by atoms with Crippen molar-refractivity contribution in [1.82, 2.24) is 0 Å². The van der Waals surface area contributed by atoms with Gasteiger partial charge in [-0.3, -0.25) is 4.79 Å². The summed E-state index contributed by atoms with van der Waals surface area (Å²) in [7, 11) is 0. The molecule has 0 bridgehead atoms. The zero-order chi connectivity index (χ0) is 12.7. The highest BCUT2D eigenvalue weighted by molar-refractivity contribution is 5.93. The zero-order valence-electron chi connectivity index (χ0n) is 10.6. The lowest BCUT2D eigenvalue weighted by Crippen LogP contribution is -2.14. The van der Waals surface area contributed by atoms with E-state index in [1.807, 2.05) is 42.5 Å². The van der Waals surface area contributed by atoms with Gasteiger partial charge in [0.2, 0.25) is 0 Å². The number of carbonyl (C=O) groups is 1. The smallest absolute Gasteiger partial charge is 0.156 e. The molecule has 0 unspecified atom stereocenters. The molecule has 0 radical (unpaired) electrons. The molecule has 17 heavy (non-hydrogen) atoms. The molecule has 0 saturated carbocycles. The van der Waals surface area contributed by atoms with E-state index in [9.17, 15) is 4.79 Å². The summed E-state index contributed by atoms with van der Waals surface area (Å²) in [5.74, 6) is 0.167. The molecule has 0 N–H and O–H groups in total. The zero-order valence-corrected chi connectivity index (χ0v) is 10.6. The highest BCUT2D eigenvalue weighted by Gasteiger charge is 2.18. The van der Waals surface area contributed by atoms with Crippen LogP contribution in [-0.4, -0.2) is 5.78 Å². The number of ketones is 1. The van der Waals surface area contributed by atoms with Gasteiger partial charge in [-0.1, -0.05) is 56.3 Å². The van der Waals surface area contributed by atoms with Crippen molar-refractivity contribution in [2.24, 2.45) is 5.41 Å². The minimum atomic E-state index is -0.000138. The Morgan fingerprint density at radius 1 is 1.29 bits per heavy atom. The van der Waals surface area contributed by atoms with Crippen LogP contribution in [0.25, 0.3) is 6.08 Å². The third-order valence-electron chi connectivity index (χ3n) is 2.61. The fraction of sp³-hybridized carbons (Fsp3) is 0.312. The normalized spacial score (nSPS) is 11.6. The molecule has 0 aliphatic heterocycles. The van der Waals surface area contributed by atoms with E-state index in [0.717, 1.165) is 12.0 Å². The number of hydrogen-bond donors (Lipinski definition) is 0. The quantitative estimate of drug-likeness (QED) is 0.525. The van der Waals surface area contributed by atoms with Gasteiger partial charge in [-0.15, -0.1) is 6.58 Å². The Morgan fingerprint density at radius 2 is 1.94 bits per heavy atom. The first kappa shape index (κ1) is 13.4. The predicted octanol–water partition coefficient (Wildman–Crippen LogP) is 4.26. The van der Waals surface area contributed by atoms with Crippen LogP contribution in [0.3, 0.4) is 0 Å². The molecule has 0 saturated heterocycles. The molecular formula is C16H20O. The Balaban J connectivity index is 2.56. The summed E-state index contributed by atoms with van der Waals surface area (Å²) in [6.07, 6.45) is 6.82. The molecule has 0 amide bonds. The van der Waals surface area contributed by atoms with Crippen LogP contribution < -0.4 is 0 Å². The van der Waals surface area contributed by atoms with Crippen LogP contribution in [0.5, 0.6) is 0 Å². The second kappa shape index (κ2) is 6.19. The number of allylic oxidation sites excluding steroid dienone is 2. The first-order chi connectivity index (χ1) is 8.03. The van der Waals surface area contributed by atoms with Crippen molar-refractivity contribution in [3.63, 3.8) is 0 Å². The lowest BCUT2D eigenvalue weighted by atomic mass is 9.84. The van der Waals surface area contributed by atoms with E-state index in [1.54, 1.807) is 6.08 Å². The van der Waals surface area contributed by atoms with Gasteiger partial charge in [0.1, 0.15) is 0 Å². The third-order valence-corrected chi connectivity index (χ3v) is 2.61. The van der Waals surface area contributed by atoms with Gasteiger partial charge < -0.3 is 0 Å². The van der Waals surface area contributed by atoms with Gasteiger partial charge in [-0.2, -0.15) is 0 Å². The van der Waals surface area contributed by atoms with Crippen LogP contribution in [0, 0.1) is 5.41 Å². The molecule has 0 heterocycles. The van der Waals surface area contributed by atoms with Crippen molar-refractivity contribution in [3.8, 4) is 0 Å². The summed E-state index contributed by atoms with van der Waals surface area (Å²) >= 11 is 0. The second-order valence-electron chi connectivity index (χ2n) is 5.04. The lowest BCUT2D eigenvalue weighted by Gasteiger charge is -2.20. The standard InChI is InChI=1S/C16H20O/c1-4-12-16(2,3)13-15(17)11-10-14-8-6-5-7-9-14/h4-11H,1,12-13H2,2-3H3/b11-10+. The summed E-state index contributed by atoms with van der Waals surface area (Å²) < 4.78 is 0. The minimum Gasteiger partial charge on any atom is -0.295 e. The molecule has 0 spiro atoms. The number of carbonyl (C=O) groups excluding carboxylic acids is 1. The summed E-state index contributed by atoms with van der Waals surface area (Å²) in [4.78, 5) is 11.8. The second-order valence-corrected chi connectivity index (χ2v) is 5.04. The highest BCUT2D eigenvalue weighted by Crippen LogP contribution is 2.25. The Bertz CT molecular complexity index is 399. The van der Waals surface area contributed by atoms with Crippen molar-refractivity contribution < 1.29 is 4.79 Å². The molecule has 0 aromatic heterocycles. The Kier molecular flexibility index (Phi) is 4.89. The van der Waals surface area contributed by atoms with Crippen LogP contribution in [0.2, 0.25) is 0 Å². The SMILES string of the molecule is C=CCC(C)(C)CC(=O)/C=C/c1ccccc1. The van der Waals surface area contributed by atoms with Crippen LogP contribution >= 0.6 is 0 Å². The fourth-order valence-corrected chi connectivity index (χ4v) is 1.75. The maximum Gasteiger partial charge on any atom is 0.156 e. The van der Waals surface area contributed by atoms with Gasteiger partial charge in [-0.05, 0) is 23.5 Å². The summed E-state index contributed by atoms with van der Waals surface area (Å²) in [6, 6.07) is 9.86. The van der Waals surface area contributed by atoms with Gasteiger partial charge >= 0.3 is 0 Å². The average Bonchev–Trinajstić information content (AvgIpc) is 2.27. The highest BCUT2D eigenvalue weighted by atomic mass is 16.1. The van der Waals surface area contributed by atoms with E-state index >= 15 is 0 Å². The van der Waals surface area contributed by atoms with E-state index in [-0.39, 0.29) is 11.2 Å². The van der Waals surface area contributed by atoms with Gasteiger partial charge in [0, 0.05) is 6.42 Å². The van der Waals surface area contributed by atoms with Crippen LogP contribution in [0.1, 0.15) is 32.3 Å². The lowest BCUT2D eigenvalue weighted by molar-refractivity contribution is -0.116. The third kappa shape index (κ3) is 5.30. The fourth-order valence-electron chi connectivity index (χ4n) is 1.75. The van der Waals surface area contributed by atoms with Crippen molar-refractivity contribution in [2.45, 2.75) is 26.7 Å². The van der Waals surface area contributed by atoms with Gasteiger partial charge in [0.15, 0.2) is 5.78 Å². The van der Waals surface area contributed by atoms with Crippen LogP contribution in [-0.2, 0) is 4.79 Å². The summed E-state index contributed by atoms with van der Waals surface area (Å²) in [5, 5.41) is 0. The number of benzene rings is 1. The van der Waals surface area contributed by atoms with E-state index in [2.05, 4.69) is 20.4 Å². The Labute approximate surface area is 104 Å². The van der Waals surface area contributed by atoms with Crippen LogP contribution in [0.15, 0.2) is 49.1 Å². The van der Waals surface area contributed by atoms with E-state index < -0.39 is 0 Å². The molecule has 0 fully saturated rings. The van der Waals surface area contributed by atoms with Gasteiger partial charge in [0.05, 0.1) is 0 Å². The molecular weight excluding hydrogens is 208 g/mol. The number of hydrogen-bond acceptors (Lipinski definition) is 1. The molecule has 1 rings (SSSR count). The molecule has 90 valence electrons. The maximum absolute atomic E-state index is 11.8. The Hall–Kier alpha value is -1.63. The molecule has 0 aliphatic rings. The first-order valence-electron chi connectivity index (χ1n) is 5.90. The van der Waals surface area contributed by atoms with Gasteiger partial charge in [0.25, 0.3) is 0 Å². The molecule has 1 aromatic carbocycles. The maximum atomic E-state index is 11.8. The predicted molar refractivity (Wildman–Crippen MR) is 73.7 cm³/mol. The summed E-state index contributed by atoms with van der Waals surface area (Å²) in [6.45, 7) is 7.89. The first-order valence-corrected chi connectivity index (χ1v) is 5.90. The van der Waals surface area contributed by atoms with E-state index in [4.69, 9.17) is 0 Å². The minimum absolute atomic E-state index is 0.000138. The molecule has 1 heteroatoms. The van der Waals surface area contributed by atoms with Crippen molar-refractivity contribution in [2.75, 3.05) is 0 Å². The topological polar surface area (TPSA) is 17.1 Å². The largest absolute Gasteiger partial charge is 0.295 e. The monoisotopic (exact) mass is 228 g/mol. The molecule has 0 aliphatic carbocycles. The van der Waals surface area contributed by atoms with Crippen molar-refractivity contribution in [3.05, 3.63) is 54.6 Å². The number of rotatable bonds is 6. The molecule has 1 nitrogen and oxygen atoms in total. The van der Waals surface area contributed by atoms with Crippen molar-refractivity contribution in [1.29, 1.82) is 0 Å². The average molecular weight is 228 g/mol. The van der Waals surface area contributed by atoms with Gasteiger partial charge in [-0.25, -0.2) is 0 Å². The molecule has 0 atom stereocenters. The Morgan fingerprint density at radius 3 is 2.53 bits per heavy atom. The van der Waals surface area contributed by atoms with E-state index in [1.165, 1.54) is 0 Å². The van der Waals surface area contributed by atoms with Crippen LogP contribution in [0.4, 0.5) is 0 Å². The summed E-state index contributed by atoms with van der Waals surface area (Å²) in [5.41, 5.74) is 1.06.